The van der Waals surface area contributed by atoms with Gasteiger partial charge in [-0.05, 0) is 12.0 Å². The van der Waals surface area contributed by atoms with Crippen molar-refractivity contribution < 1.29 is 24.1 Å². The third kappa shape index (κ3) is 9.23. The Bertz CT molecular complexity index is 1560. The normalized spacial score (nSPS) is 12.4. The Morgan fingerprint density at radius 2 is 1.88 bits per heavy atom. The Morgan fingerprint density at radius 1 is 1.09 bits per heavy atom. The number of rotatable bonds is 17. The second kappa shape index (κ2) is 16.0. The monoisotopic (exact) mass is 643 g/mol. The number of nitrogens with zero attached hydrogens (tertiary/aromatic N) is 5. The van der Waals surface area contributed by atoms with Gasteiger partial charge >= 0.3 is 5.97 Å². The molecule has 3 aromatic heterocycles. The molecule has 0 aliphatic carbocycles. The lowest BCUT2D eigenvalue weighted by Gasteiger charge is -2.22. The van der Waals surface area contributed by atoms with E-state index in [1.54, 1.807) is 13.1 Å². The summed E-state index contributed by atoms with van der Waals surface area (Å²) < 4.78 is 6.96. The molecule has 4 rings (SSSR count). The summed E-state index contributed by atoms with van der Waals surface area (Å²) in [5.74, 6) is -1.24. The summed E-state index contributed by atoms with van der Waals surface area (Å²) in [6, 6.07) is 7.30. The van der Waals surface area contributed by atoms with Crippen molar-refractivity contribution in [2.24, 2.45) is 0 Å². The molecule has 13 nitrogen and oxygen atoms in total. The van der Waals surface area contributed by atoms with Gasteiger partial charge in [-0.1, -0.05) is 59.3 Å². The van der Waals surface area contributed by atoms with E-state index in [2.05, 4.69) is 30.9 Å². The summed E-state index contributed by atoms with van der Waals surface area (Å²) in [6.07, 6.45) is 4.10. The molecule has 3 heterocycles. The van der Waals surface area contributed by atoms with E-state index in [4.69, 9.17) is 4.63 Å². The first-order valence-corrected chi connectivity index (χ1v) is 16.2. The van der Waals surface area contributed by atoms with Crippen LogP contribution >= 0.6 is 34.9 Å². The third-order valence-corrected chi connectivity index (χ3v) is 9.14. The molecule has 16 heteroatoms. The number of carboxylic acid groups (broad SMARTS) is 1. The minimum absolute atomic E-state index is 0.0222. The van der Waals surface area contributed by atoms with Crippen molar-refractivity contribution in [1.82, 2.24) is 30.2 Å². The minimum Gasteiger partial charge on any atom is -0.481 e. The molecule has 43 heavy (non-hydrogen) atoms. The predicted octanol–water partition coefficient (Wildman–Crippen LogP) is 3.40. The maximum Gasteiger partial charge on any atom is 0.305 e. The number of hydrogen-bond donors (Lipinski definition) is 3. The van der Waals surface area contributed by atoms with E-state index >= 15 is 0 Å². The van der Waals surface area contributed by atoms with Crippen LogP contribution in [0.2, 0.25) is 0 Å². The van der Waals surface area contributed by atoms with Crippen LogP contribution in [0, 0.1) is 0 Å². The highest BCUT2D eigenvalue weighted by Gasteiger charge is 2.28. The fraction of sp³-hybridized carbons (Fsp3) is 0.333. The van der Waals surface area contributed by atoms with Crippen LogP contribution in [-0.2, 0) is 32.4 Å². The van der Waals surface area contributed by atoms with Crippen LogP contribution in [0.1, 0.15) is 42.8 Å². The standard InChI is InChI=1S/C27H29N7O6S3/c1-2-21(25(38)31-18(12-23(36)37)22(35)16-41-14-17-6-4-3-5-7-17)34-10-8-28-24(26(34)39)30-13-19-20(33-40-32-19)15-43-27-29-9-11-42-27/h3-11,18,21H,2,12-16H2,1H3,(H,28,30)(H,31,38)(H,36,37)/t18-,21?/m0/s1. The maximum atomic E-state index is 13.3. The number of hydrogen-bond acceptors (Lipinski definition) is 13. The molecule has 2 atom stereocenters. The Morgan fingerprint density at radius 3 is 2.60 bits per heavy atom. The molecule has 0 radical (unpaired) electrons. The number of nitrogens with one attached hydrogen (secondary N) is 2. The minimum atomic E-state index is -1.24. The second-order valence-electron chi connectivity index (χ2n) is 9.11. The lowest BCUT2D eigenvalue weighted by Crippen LogP contribution is -2.47. The van der Waals surface area contributed by atoms with Gasteiger partial charge in [0.2, 0.25) is 5.91 Å². The molecule has 0 saturated heterocycles. The van der Waals surface area contributed by atoms with E-state index in [9.17, 15) is 24.3 Å². The quantitative estimate of drug-likeness (QED) is 0.143. The van der Waals surface area contributed by atoms with Gasteiger partial charge in [-0.15, -0.1) is 23.1 Å². The highest BCUT2D eigenvalue weighted by molar-refractivity contribution is 8.00. The molecule has 0 bridgehead atoms. The lowest BCUT2D eigenvalue weighted by molar-refractivity contribution is -0.140. The van der Waals surface area contributed by atoms with Crippen molar-refractivity contribution >= 4 is 58.3 Å². The molecule has 226 valence electrons. The van der Waals surface area contributed by atoms with Gasteiger partial charge in [-0.3, -0.25) is 23.7 Å². The first kappa shape index (κ1) is 31.9. The summed E-state index contributed by atoms with van der Waals surface area (Å²) in [7, 11) is 0. The summed E-state index contributed by atoms with van der Waals surface area (Å²) >= 11 is 4.32. The zero-order chi connectivity index (χ0) is 30.6. The first-order valence-electron chi connectivity index (χ1n) is 13.2. The van der Waals surface area contributed by atoms with Gasteiger partial charge in [-0.2, -0.15) is 0 Å². The molecule has 1 amide bonds. The fourth-order valence-corrected chi connectivity index (χ4v) is 6.50. The zero-order valence-electron chi connectivity index (χ0n) is 23.0. The molecule has 3 N–H and O–H groups in total. The molecule has 0 saturated carbocycles. The van der Waals surface area contributed by atoms with Gasteiger partial charge in [0.15, 0.2) is 11.6 Å². The van der Waals surface area contributed by atoms with Gasteiger partial charge in [0.05, 0.1) is 24.8 Å². The molecule has 4 aromatic rings. The molecular weight excluding hydrogens is 615 g/mol. The average molecular weight is 644 g/mol. The van der Waals surface area contributed by atoms with Gasteiger partial charge in [0.25, 0.3) is 5.56 Å². The Hall–Kier alpha value is -4.02. The predicted molar refractivity (Wildman–Crippen MR) is 163 cm³/mol. The Labute approximate surface area is 258 Å². The van der Waals surface area contributed by atoms with Crippen molar-refractivity contribution in [1.29, 1.82) is 0 Å². The van der Waals surface area contributed by atoms with Crippen molar-refractivity contribution in [3.8, 4) is 0 Å². The van der Waals surface area contributed by atoms with E-state index in [1.165, 1.54) is 51.8 Å². The van der Waals surface area contributed by atoms with Crippen LogP contribution in [-0.4, -0.2) is 59.4 Å². The summed E-state index contributed by atoms with van der Waals surface area (Å²) in [5.41, 5.74) is 1.54. The fourth-order valence-electron chi connectivity index (χ4n) is 3.98. The first-order chi connectivity index (χ1) is 20.9. The SMILES string of the molecule is CCC(C(=O)N[C@@H](CC(=O)O)C(=O)CSCc1ccccc1)n1ccnc(NCc2nonc2CSc2nccs2)c1=O. The number of aliphatic carboxylic acids is 1. The zero-order valence-corrected chi connectivity index (χ0v) is 25.5. The maximum absolute atomic E-state index is 13.3. The summed E-state index contributed by atoms with van der Waals surface area (Å²) in [5, 5.41) is 24.6. The van der Waals surface area contributed by atoms with E-state index in [0.717, 1.165) is 9.90 Å². The van der Waals surface area contributed by atoms with Gasteiger partial charge in [-0.25, -0.2) is 14.6 Å². The van der Waals surface area contributed by atoms with Crippen molar-refractivity contribution in [3.63, 3.8) is 0 Å². The highest BCUT2D eigenvalue weighted by atomic mass is 32.2. The van der Waals surface area contributed by atoms with Crippen LogP contribution in [0.3, 0.4) is 0 Å². The number of Topliss-reactive ketones (excluding diaryl/α,β-unsaturated/α-hetero) is 1. The smallest absolute Gasteiger partial charge is 0.305 e. The lowest BCUT2D eigenvalue weighted by atomic mass is 10.1. The molecule has 1 aromatic carbocycles. The van der Waals surface area contributed by atoms with E-state index < -0.39 is 41.7 Å². The number of carbonyl (C=O) groups excluding carboxylic acids is 2. The number of anilines is 1. The second-order valence-corrected chi connectivity index (χ2v) is 12.2. The van der Waals surface area contributed by atoms with Crippen molar-refractivity contribution in [2.45, 2.75) is 54.2 Å². The molecule has 0 aliphatic heterocycles. The molecule has 0 fully saturated rings. The number of carbonyl (C=O) groups is 3. The van der Waals surface area contributed by atoms with Crippen molar-refractivity contribution in [2.75, 3.05) is 11.1 Å². The number of carboxylic acids is 1. The molecular formula is C27H29N7O6S3. The number of thiazole rings is 1. The largest absolute Gasteiger partial charge is 0.481 e. The Balaban J connectivity index is 1.39. The third-order valence-electron chi connectivity index (χ3n) is 6.13. The molecule has 1 unspecified atom stereocenters. The molecule has 0 aliphatic rings. The number of aromatic nitrogens is 5. The summed E-state index contributed by atoms with van der Waals surface area (Å²) in [6.45, 7) is 1.81. The van der Waals surface area contributed by atoms with Gasteiger partial charge < -0.3 is 15.7 Å². The van der Waals surface area contributed by atoms with Gasteiger partial charge in [0.1, 0.15) is 21.8 Å². The Kier molecular flexibility index (Phi) is 11.9. The number of thioether (sulfide) groups is 2. The van der Waals surface area contributed by atoms with E-state index in [0.29, 0.717) is 22.9 Å². The number of ketones is 1. The van der Waals surface area contributed by atoms with Crippen LogP contribution in [0.15, 0.2) is 68.1 Å². The van der Waals surface area contributed by atoms with Crippen molar-refractivity contribution in [3.05, 3.63) is 81.6 Å². The number of amides is 1. The molecule has 0 spiro atoms. The van der Waals surface area contributed by atoms with Crippen LogP contribution in [0.4, 0.5) is 5.82 Å². The van der Waals surface area contributed by atoms with Gasteiger partial charge in [0, 0.05) is 35.5 Å². The van der Waals surface area contributed by atoms with E-state index in [1.807, 2.05) is 35.7 Å². The number of benzene rings is 1. The van der Waals surface area contributed by atoms with Crippen LogP contribution in [0.25, 0.3) is 0 Å². The van der Waals surface area contributed by atoms with Crippen LogP contribution < -0.4 is 16.2 Å². The average Bonchev–Trinajstić information content (AvgIpc) is 3.69. The van der Waals surface area contributed by atoms with E-state index in [-0.39, 0.29) is 24.5 Å². The summed E-state index contributed by atoms with van der Waals surface area (Å²) in [4.78, 5) is 59.3. The van der Waals surface area contributed by atoms with Crippen LogP contribution in [0.5, 0.6) is 0 Å². The highest BCUT2D eigenvalue weighted by Crippen LogP contribution is 2.25. The topological polar surface area (TPSA) is 182 Å².